The number of nitrogens with zero attached hydrogens (tertiary/aromatic N) is 1. The Labute approximate surface area is 71.7 Å². The third-order valence-corrected chi connectivity index (χ3v) is 1.76. The van der Waals surface area contributed by atoms with Crippen LogP contribution in [-0.2, 0) is 6.42 Å². The standard InChI is InChI=1S/C8H12N2S/c1-2-3-4-7-5-8(11)10-6-9-7/h5-6H,2-4H2,1H3,(H,9,10,11). The van der Waals surface area contributed by atoms with Gasteiger partial charge in [-0.25, -0.2) is 4.98 Å². The lowest BCUT2D eigenvalue weighted by Gasteiger charge is -1.97. The fourth-order valence-electron chi connectivity index (χ4n) is 0.918. The van der Waals surface area contributed by atoms with Crippen molar-refractivity contribution in [2.45, 2.75) is 26.2 Å². The number of aryl methyl sites for hydroxylation is 1. The molecule has 1 N–H and O–H groups in total. The zero-order chi connectivity index (χ0) is 8.10. The predicted octanol–water partition coefficient (Wildman–Crippen LogP) is 2.48. The van der Waals surface area contributed by atoms with Crippen LogP contribution in [-0.4, -0.2) is 9.97 Å². The monoisotopic (exact) mass is 168 g/mol. The van der Waals surface area contributed by atoms with E-state index in [-0.39, 0.29) is 0 Å². The molecule has 0 aliphatic rings. The lowest BCUT2D eigenvalue weighted by Crippen LogP contribution is -1.90. The van der Waals surface area contributed by atoms with Gasteiger partial charge in [0, 0.05) is 5.69 Å². The fourth-order valence-corrected chi connectivity index (χ4v) is 1.11. The van der Waals surface area contributed by atoms with Crippen molar-refractivity contribution in [2.75, 3.05) is 0 Å². The van der Waals surface area contributed by atoms with Crippen molar-refractivity contribution in [1.29, 1.82) is 0 Å². The summed E-state index contributed by atoms with van der Waals surface area (Å²) in [6.45, 7) is 2.18. The van der Waals surface area contributed by atoms with Crippen LogP contribution < -0.4 is 0 Å². The first-order valence-electron chi connectivity index (χ1n) is 3.86. The minimum absolute atomic E-state index is 0.676. The maximum Gasteiger partial charge on any atom is 0.129 e. The third-order valence-electron chi connectivity index (χ3n) is 1.54. The second-order valence-corrected chi connectivity index (χ2v) is 2.93. The van der Waals surface area contributed by atoms with Crippen molar-refractivity contribution in [1.82, 2.24) is 9.97 Å². The van der Waals surface area contributed by atoms with Crippen molar-refractivity contribution >= 4 is 12.2 Å². The Hall–Kier alpha value is -0.700. The van der Waals surface area contributed by atoms with Gasteiger partial charge in [0.15, 0.2) is 0 Å². The van der Waals surface area contributed by atoms with Crippen molar-refractivity contribution in [2.24, 2.45) is 0 Å². The number of hydrogen-bond donors (Lipinski definition) is 1. The summed E-state index contributed by atoms with van der Waals surface area (Å²) in [5, 5.41) is 0. The number of aromatic amines is 1. The van der Waals surface area contributed by atoms with E-state index in [9.17, 15) is 0 Å². The highest BCUT2D eigenvalue weighted by Crippen LogP contribution is 1.99. The van der Waals surface area contributed by atoms with Crippen LogP contribution in [0.25, 0.3) is 0 Å². The van der Waals surface area contributed by atoms with Gasteiger partial charge in [-0.15, -0.1) is 0 Å². The van der Waals surface area contributed by atoms with Gasteiger partial charge in [-0.1, -0.05) is 25.6 Å². The van der Waals surface area contributed by atoms with Gasteiger partial charge in [0.05, 0.1) is 6.33 Å². The molecule has 0 unspecified atom stereocenters. The SMILES string of the molecule is CCCCc1cc(=S)nc[nH]1. The van der Waals surface area contributed by atoms with Crippen molar-refractivity contribution in [3.8, 4) is 0 Å². The summed E-state index contributed by atoms with van der Waals surface area (Å²) < 4.78 is 0.676. The minimum atomic E-state index is 0.676. The average molecular weight is 168 g/mol. The molecule has 11 heavy (non-hydrogen) atoms. The quantitative estimate of drug-likeness (QED) is 0.702. The zero-order valence-corrected chi connectivity index (χ0v) is 7.45. The van der Waals surface area contributed by atoms with Crippen molar-refractivity contribution in [3.63, 3.8) is 0 Å². The Morgan fingerprint density at radius 2 is 2.45 bits per heavy atom. The van der Waals surface area contributed by atoms with Gasteiger partial charge in [-0.05, 0) is 18.9 Å². The summed E-state index contributed by atoms with van der Waals surface area (Å²) in [6.07, 6.45) is 5.15. The smallest absolute Gasteiger partial charge is 0.129 e. The number of hydrogen-bond acceptors (Lipinski definition) is 2. The van der Waals surface area contributed by atoms with E-state index in [0.717, 1.165) is 6.42 Å². The number of rotatable bonds is 3. The molecule has 0 saturated carbocycles. The van der Waals surface area contributed by atoms with Crippen LogP contribution in [0, 0.1) is 4.64 Å². The van der Waals surface area contributed by atoms with Gasteiger partial charge in [-0.2, -0.15) is 0 Å². The Bertz CT molecular complexity index is 267. The molecule has 0 fully saturated rings. The third kappa shape index (κ3) is 2.80. The second kappa shape index (κ2) is 4.23. The van der Waals surface area contributed by atoms with Gasteiger partial charge in [0.1, 0.15) is 4.64 Å². The lowest BCUT2D eigenvalue weighted by molar-refractivity contribution is 0.772. The Kier molecular flexibility index (Phi) is 3.23. The highest BCUT2D eigenvalue weighted by Gasteiger charge is 1.90. The fraction of sp³-hybridized carbons (Fsp3) is 0.500. The molecular formula is C8H12N2S. The van der Waals surface area contributed by atoms with Crippen LogP contribution in [0.2, 0.25) is 0 Å². The molecular weight excluding hydrogens is 156 g/mol. The van der Waals surface area contributed by atoms with Crippen molar-refractivity contribution in [3.05, 3.63) is 22.7 Å². The molecule has 0 bridgehead atoms. The van der Waals surface area contributed by atoms with E-state index in [1.165, 1.54) is 18.5 Å². The van der Waals surface area contributed by atoms with Gasteiger partial charge in [-0.3, -0.25) is 0 Å². The summed E-state index contributed by atoms with van der Waals surface area (Å²) >= 11 is 4.92. The van der Waals surface area contributed by atoms with Crippen LogP contribution in [0.1, 0.15) is 25.5 Å². The Morgan fingerprint density at radius 3 is 3.09 bits per heavy atom. The molecule has 0 amide bonds. The molecule has 0 saturated heterocycles. The highest BCUT2D eigenvalue weighted by atomic mass is 32.1. The van der Waals surface area contributed by atoms with Gasteiger partial charge < -0.3 is 4.98 Å². The Morgan fingerprint density at radius 1 is 1.64 bits per heavy atom. The summed E-state index contributed by atoms with van der Waals surface area (Å²) in [5.74, 6) is 0. The molecule has 0 radical (unpaired) electrons. The van der Waals surface area contributed by atoms with E-state index < -0.39 is 0 Å². The van der Waals surface area contributed by atoms with E-state index >= 15 is 0 Å². The molecule has 3 heteroatoms. The molecule has 0 aliphatic heterocycles. The van der Waals surface area contributed by atoms with Gasteiger partial charge in [0.25, 0.3) is 0 Å². The van der Waals surface area contributed by atoms with Gasteiger partial charge >= 0.3 is 0 Å². The summed E-state index contributed by atoms with van der Waals surface area (Å²) in [7, 11) is 0. The molecule has 1 aromatic rings. The average Bonchev–Trinajstić information content (AvgIpc) is 2.01. The summed E-state index contributed by atoms with van der Waals surface area (Å²) in [5.41, 5.74) is 1.19. The number of aromatic nitrogens is 2. The maximum atomic E-state index is 4.92. The molecule has 1 rings (SSSR count). The van der Waals surface area contributed by atoms with Crippen LogP contribution >= 0.6 is 12.2 Å². The van der Waals surface area contributed by atoms with Crippen LogP contribution in [0.3, 0.4) is 0 Å². The van der Waals surface area contributed by atoms with Gasteiger partial charge in [0.2, 0.25) is 0 Å². The normalized spacial score (nSPS) is 9.91. The largest absolute Gasteiger partial charge is 0.350 e. The predicted molar refractivity (Wildman–Crippen MR) is 48.0 cm³/mol. The number of H-pyrrole nitrogens is 1. The van der Waals surface area contributed by atoms with E-state index in [4.69, 9.17) is 12.2 Å². The van der Waals surface area contributed by atoms with Crippen LogP contribution in [0.4, 0.5) is 0 Å². The second-order valence-electron chi connectivity index (χ2n) is 2.51. The minimum Gasteiger partial charge on any atom is -0.350 e. The molecule has 0 aromatic carbocycles. The van der Waals surface area contributed by atoms with E-state index in [1.807, 2.05) is 6.07 Å². The molecule has 1 heterocycles. The first kappa shape index (κ1) is 8.40. The first-order valence-corrected chi connectivity index (χ1v) is 4.27. The lowest BCUT2D eigenvalue weighted by atomic mass is 10.2. The molecule has 0 spiro atoms. The number of unbranched alkanes of at least 4 members (excludes halogenated alkanes) is 1. The molecule has 2 nitrogen and oxygen atoms in total. The van der Waals surface area contributed by atoms with Crippen LogP contribution in [0.5, 0.6) is 0 Å². The molecule has 1 aromatic heterocycles. The topological polar surface area (TPSA) is 28.7 Å². The summed E-state index contributed by atoms with van der Waals surface area (Å²) in [4.78, 5) is 6.97. The van der Waals surface area contributed by atoms with Crippen molar-refractivity contribution < 1.29 is 0 Å². The highest BCUT2D eigenvalue weighted by molar-refractivity contribution is 7.71. The number of nitrogens with one attached hydrogen (secondary N) is 1. The van der Waals surface area contributed by atoms with E-state index in [1.54, 1.807) is 6.33 Å². The maximum absolute atomic E-state index is 4.92. The van der Waals surface area contributed by atoms with E-state index in [2.05, 4.69) is 16.9 Å². The molecule has 0 atom stereocenters. The Balaban J connectivity index is 2.64. The molecule has 0 aliphatic carbocycles. The zero-order valence-electron chi connectivity index (χ0n) is 6.63. The summed E-state index contributed by atoms with van der Waals surface area (Å²) in [6, 6.07) is 1.92. The van der Waals surface area contributed by atoms with E-state index in [0.29, 0.717) is 4.64 Å². The van der Waals surface area contributed by atoms with Crippen LogP contribution in [0.15, 0.2) is 12.4 Å². The molecule has 60 valence electrons. The first-order chi connectivity index (χ1) is 5.33.